The molecule has 1 aliphatic heterocycles. The number of piperazine rings is 1. The topological polar surface area (TPSA) is 58.3 Å². The summed E-state index contributed by atoms with van der Waals surface area (Å²) in [5.41, 5.74) is 0.956. The van der Waals surface area contributed by atoms with Crippen molar-refractivity contribution in [3.8, 4) is 11.5 Å². The Morgan fingerprint density at radius 1 is 1.08 bits per heavy atom. The monoisotopic (exact) mass is 341 g/mol. The van der Waals surface area contributed by atoms with Crippen molar-refractivity contribution in [3.05, 3.63) is 47.8 Å². The molecule has 2 aromatic heterocycles. The SMILES string of the molecule is C[C@@H](c1nnc(-c2ccccc2)o1)N1CCN(c2nccs2)CC1. The van der Waals surface area contributed by atoms with E-state index in [-0.39, 0.29) is 6.04 Å². The molecule has 4 rings (SSSR count). The lowest BCUT2D eigenvalue weighted by molar-refractivity contribution is 0.173. The van der Waals surface area contributed by atoms with E-state index in [1.54, 1.807) is 11.3 Å². The van der Waals surface area contributed by atoms with E-state index < -0.39 is 0 Å². The zero-order chi connectivity index (χ0) is 16.4. The molecule has 1 aromatic carbocycles. The fourth-order valence-corrected chi connectivity index (χ4v) is 3.63. The van der Waals surface area contributed by atoms with Gasteiger partial charge in [0.05, 0.1) is 6.04 Å². The van der Waals surface area contributed by atoms with E-state index in [2.05, 4.69) is 31.9 Å². The Labute approximate surface area is 144 Å². The quantitative estimate of drug-likeness (QED) is 0.727. The summed E-state index contributed by atoms with van der Waals surface area (Å²) in [5.74, 6) is 1.26. The minimum Gasteiger partial charge on any atom is -0.419 e. The van der Waals surface area contributed by atoms with Crippen molar-refractivity contribution in [2.45, 2.75) is 13.0 Å². The number of anilines is 1. The molecule has 1 atom stereocenters. The normalized spacial score (nSPS) is 17.1. The van der Waals surface area contributed by atoms with Crippen molar-refractivity contribution < 1.29 is 4.42 Å². The zero-order valence-electron chi connectivity index (χ0n) is 13.5. The lowest BCUT2D eigenvalue weighted by Crippen LogP contribution is -2.47. The smallest absolute Gasteiger partial charge is 0.247 e. The molecule has 0 saturated carbocycles. The van der Waals surface area contributed by atoms with Gasteiger partial charge in [-0.3, -0.25) is 4.90 Å². The number of rotatable bonds is 4. The Morgan fingerprint density at radius 2 is 1.88 bits per heavy atom. The van der Waals surface area contributed by atoms with Crippen LogP contribution in [0.3, 0.4) is 0 Å². The third kappa shape index (κ3) is 3.05. The minimum atomic E-state index is 0.119. The van der Waals surface area contributed by atoms with Gasteiger partial charge >= 0.3 is 0 Å². The van der Waals surface area contributed by atoms with Gasteiger partial charge < -0.3 is 9.32 Å². The number of benzene rings is 1. The fraction of sp³-hybridized carbons (Fsp3) is 0.353. The predicted octanol–water partition coefficient (Wildman–Crippen LogP) is 3.08. The maximum absolute atomic E-state index is 5.90. The Morgan fingerprint density at radius 3 is 2.58 bits per heavy atom. The van der Waals surface area contributed by atoms with E-state index in [0.717, 1.165) is 36.9 Å². The highest BCUT2D eigenvalue weighted by Crippen LogP contribution is 2.26. The molecule has 0 amide bonds. The summed E-state index contributed by atoms with van der Waals surface area (Å²) in [7, 11) is 0. The molecule has 0 radical (unpaired) electrons. The average molecular weight is 341 g/mol. The maximum atomic E-state index is 5.90. The van der Waals surface area contributed by atoms with Crippen LogP contribution in [-0.4, -0.2) is 46.3 Å². The molecule has 0 spiro atoms. The molecule has 0 bridgehead atoms. The van der Waals surface area contributed by atoms with E-state index in [0.29, 0.717) is 11.8 Å². The highest BCUT2D eigenvalue weighted by atomic mass is 32.1. The molecule has 7 heteroatoms. The number of aromatic nitrogens is 3. The Bertz CT molecular complexity index is 765. The fourth-order valence-electron chi connectivity index (χ4n) is 2.93. The van der Waals surface area contributed by atoms with E-state index in [9.17, 15) is 0 Å². The van der Waals surface area contributed by atoms with Gasteiger partial charge in [0.1, 0.15) is 0 Å². The van der Waals surface area contributed by atoms with Crippen molar-refractivity contribution in [3.63, 3.8) is 0 Å². The van der Waals surface area contributed by atoms with Crippen molar-refractivity contribution in [1.82, 2.24) is 20.1 Å². The van der Waals surface area contributed by atoms with Gasteiger partial charge in [-0.05, 0) is 19.1 Å². The van der Waals surface area contributed by atoms with Gasteiger partial charge in [0.2, 0.25) is 11.8 Å². The van der Waals surface area contributed by atoms with Crippen LogP contribution >= 0.6 is 11.3 Å². The van der Waals surface area contributed by atoms with Crippen molar-refractivity contribution in [1.29, 1.82) is 0 Å². The van der Waals surface area contributed by atoms with Crippen LogP contribution in [0.1, 0.15) is 18.9 Å². The summed E-state index contributed by atoms with van der Waals surface area (Å²) in [6.07, 6.45) is 1.86. The highest BCUT2D eigenvalue weighted by molar-refractivity contribution is 7.13. The molecule has 1 aliphatic rings. The molecular weight excluding hydrogens is 322 g/mol. The van der Waals surface area contributed by atoms with Crippen LogP contribution in [0.5, 0.6) is 0 Å². The molecule has 3 aromatic rings. The van der Waals surface area contributed by atoms with Crippen LogP contribution in [0, 0.1) is 0 Å². The van der Waals surface area contributed by atoms with E-state index in [1.165, 1.54) is 0 Å². The van der Waals surface area contributed by atoms with Crippen LogP contribution in [-0.2, 0) is 0 Å². The Hall–Kier alpha value is -2.25. The van der Waals surface area contributed by atoms with Crippen LogP contribution in [0.25, 0.3) is 11.5 Å². The summed E-state index contributed by atoms with van der Waals surface area (Å²) >= 11 is 1.69. The van der Waals surface area contributed by atoms with Gasteiger partial charge in [0, 0.05) is 43.3 Å². The first-order valence-electron chi connectivity index (χ1n) is 8.08. The summed E-state index contributed by atoms with van der Waals surface area (Å²) < 4.78 is 5.90. The minimum absolute atomic E-state index is 0.119. The molecule has 0 aliphatic carbocycles. The summed E-state index contributed by atoms with van der Waals surface area (Å²) in [6.45, 7) is 5.99. The van der Waals surface area contributed by atoms with E-state index in [1.807, 2.05) is 41.9 Å². The van der Waals surface area contributed by atoms with E-state index >= 15 is 0 Å². The standard InChI is InChI=1S/C17H19N5OS/c1-13(15-19-20-16(23-15)14-5-3-2-4-6-14)21-8-10-22(11-9-21)17-18-7-12-24-17/h2-7,12-13H,8-11H2,1H3/t13-/m0/s1. The van der Waals surface area contributed by atoms with Gasteiger partial charge in [-0.25, -0.2) is 4.98 Å². The number of thiazole rings is 1. The first kappa shape index (κ1) is 15.3. The second kappa shape index (κ2) is 6.70. The van der Waals surface area contributed by atoms with Crippen molar-refractivity contribution in [2.75, 3.05) is 31.1 Å². The number of nitrogens with zero attached hydrogens (tertiary/aromatic N) is 5. The summed E-state index contributed by atoms with van der Waals surface area (Å²) in [4.78, 5) is 9.10. The lowest BCUT2D eigenvalue weighted by Gasteiger charge is -2.36. The van der Waals surface area contributed by atoms with Crippen LogP contribution in [0.2, 0.25) is 0 Å². The predicted molar refractivity (Wildman–Crippen MR) is 94.0 cm³/mol. The molecule has 1 fully saturated rings. The molecule has 1 saturated heterocycles. The first-order valence-corrected chi connectivity index (χ1v) is 8.96. The Kier molecular flexibility index (Phi) is 4.27. The molecular formula is C17H19N5OS. The van der Waals surface area contributed by atoms with E-state index in [4.69, 9.17) is 4.42 Å². The van der Waals surface area contributed by atoms with Gasteiger partial charge in [-0.1, -0.05) is 18.2 Å². The van der Waals surface area contributed by atoms with Gasteiger partial charge in [0.25, 0.3) is 0 Å². The molecule has 6 nitrogen and oxygen atoms in total. The summed E-state index contributed by atoms with van der Waals surface area (Å²) in [6, 6.07) is 10.0. The molecule has 0 unspecified atom stereocenters. The van der Waals surface area contributed by atoms with Gasteiger partial charge in [0.15, 0.2) is 5.13 Å². The van der Waals surface area contributed by atoms with Crippen molar-refractivity contribution >= 4 is 16.5 Å². The van der Waals surface area contributed by atoms with Gasteiger partial charge in [-0.15, -0.1) is 21.5 Å². The van der Waals surface area contributed by atoms with Crippen molar-refractivity contribution in [2.24, 2.45) is 0 Å². The first-order chi connectivity index (χ1) is 11.8. The highest BCUT2D eigenvalue weighted by Gasteiger charge is 2.26. The average Bonchev–Trinajstić information content (AvgIpc) is 3.34. The second-order valence-electron chi connectivity index (χ2n) is 5.83. The maximum Gasteiger partial charge on any atom is 0.247 e. The number of hydrogen-bond donors (Lipinski definition) is 0. The molecule has 3 heterocycles. The lowest BCUT2D eigenvalue weighted by atomic mass is 10.2. The molecule has 0 N–H and O–H groups in total. The van der Waals surface area contributed by atoms with Crippen LogP contribution in [0.15, 0.2) is 46.3 Å². The van der Waals surface area contributed by atoms with Crippen LogP contribution < -0.4 is 4.90 Å². The second-order valence-corrected chi connectivity index (χ2v) is 6.70. The van der Waals surface area contributed by atoms with Gasteiger partial charge in [-0.2, -0.15) is 0 Å². The number of hydrogen-bond acceptors (Lipinski definition) is 7. The molecule has 24 heavy (non-hydrogen) atoms. The molecule has 124 valence electrons. The largest absolute Gasteiger partial charge is 0.419 e. The third-order valence-electron chi connectivity index (χ3n) is 4.37. The Balaban J connectivity index is 1.42. The zero-order valence-corrected chi connectivity index (χ0v) is 14.3. The summed E-state index contributed by atoms with van der Waals surface area (Å²) in [5, 5.41) is 11.6. The van der Waals surface area contributed by atoms with Crippen LogP contribution in [0.4, 0.5) is 5.13 Å². The third-order valence-corrected chi connectivity index (χ3v) is 5.20.